The molecule has 0 aromatic rings. The molecule has 1 amide bonds. The zero-order valence-electron chi connectivity index (χ0n) is 9.14. The van der Waals surface area contributed by atoms with Gasteiger partial charge in [0.2, 0.25) is 5.91 Å². The molecule has 0 saturated carbocycles. The maximum atomic E-state index is 11.8. The highest BCUT2D eigenvalue weighted by molar-refractivity contribution is 5.84. The Morgan fingerprint density at radius 3 is 2.93 bits per heavy atom. The van der Waals surface area contributed by atoms with Gasteiger partial charge in [-0.25, -0.2) is 0 Å². The van der Waals surface area contributed by atoms with Crippen molar-refractivity contribution in [3.05, 3.63) is 12.3 Å². The molecule has 4 nitrogen and oxygen atoms in total. The predicted octanol–water partition coefficient (Wildman–Crippen LogP) is 1.30. The van der Waals surface area contributed by atoms with E-state index in [0.29, 0.717) is 6.54 Å². The summed E-state index contributed by atoms with van der Waals surface area (Å²) in [4.78, 5) is 13.4. The fourth-order valence-electron chi connectivity index (χ4n) is 1.55. The average molecular weight is 208 g/mol. The molecule has 0 N–H and O–H groups in total. The Bertz CT molecular complexity index is 293. The van der Waals surface area contributed by atoms with E-state index in [9.17, 15) is 4.79 Å². The summed E-state index contributed by atoms with van der Waals surface area (Å²) in [5.74, 6) is -0.850. The van der Waals surface area contributed by atoms with Gasteiger partial charge in [0.25, 0.3) is 0 Å². The summed E-state index contributed by atoms with van der Waals surface area (Å²) in [7, 11) is 1.51. The molecule has 0 bridgehead atoms. The van der Waals surface area contributed by atoms with Gasteiger partial charge in [0.15, 0.2) is 5.92 Å². The topological polar surface area (TPSA) is 53.3 Å². The summed E-state index contributed by atoms with van der Waals surface area (Å²) in [5.41, 5.74) is 0. The smallest absolute Gasteiger partial charge is 0.246 e. The number of rotatable bonds is 4. The van der Waals surface area contributed by atoms with Gasteiger partial charge in [0.1, 0.15) is 6.10 Å². The molecule has 0 fully saturated rings. The van der Waals surface area contributed by atoms with Gasteiger partial charge < -0.3 is 9.64 Å². The highest BCUT2D eigenvalue weighted by atomic mass is 16.5. The third kappa shape index (κ3) is 2.57. The maximum Gasteiger partial charge on any atom is 0.246 e. The van der Waals surface area contributed by atoms with Crippen molar-refractivity contribution in [2.24, 2.45) is 5.92 Å². The standard InChI is InChI=1S/C11H16N2O2/c1-3-4-6-13-7-5-10(15-2)9(8-12)11(13)14/h5,7,9-10H,3-4,6H2,1-2H3. The SMILES string of the molecule is CCCCN1C=CC(OC)C(C#N)C1=O. The van der Waals surface area contributed by atoms with Crippen molar-refractivity contribution in [2.75, 3.05) is 13.7 Å². The molecular weight excluding hydrogens is 192 g/mol. The first-order valence-corrected chi connectivity index (χ1v) is 5.15. The molecule has 1 aliphatic heterocycles. The van der Waals surface area contributed by atoms with E-state index >= 15 is 0 Å². The van der Waals surface area contributed by atoms with Crippen molar-refractivity contribution in [2.45, 2.75) is 25.9 Å². The quantitative estimate of drug-likeness (QED) is 0.699. The largest absolute Gasteiger partial charge is 0.375 e. The van der Waals surface area contributed by atoms with Gasteiger partial charge in [-0.15, -0.1) is 0 Å². The van der Waals surface area contributed by atoms with Crippen LogP contribution in [0, 0.1) is 17.2 Å². The van der Waals surface area contributed by atoms with E-state index in [4.69, 9.17) is 10.00 Å². The van der Waals surface area contributed by atoms with Crippen LogP contribution < -0.4 is 0 Å². The van der Waals surface area contributed by atoms with E-state index in [2.05, 4.69) is 6.92 Å². The zero-order chi connectivity index (χ0) is 11.3. The highest BCUT2D eigenvalue weighted by Crippen LogP contribution is 2.18. The van der Waals surface area contributed by atoms with E-state index in [1.54, 1.807) is 17.2 Å². The van der Waals surface area contributed by atoms with E-state index in [1.807, 2.05) is 6.07 Å². The molecule has 0 aliphatic carbocycles. The molecule has 2 atom stereocenters. The lowest BCUT2D eigenvalue weighted by Crippen LogP contribution is -2.41. The van der Waals surface area contributed by atoms with Crippen molar-refractivity contribution >= 4 is 5.91 Å². The Hall–Kier alpha value is -1.34. The molecule has 1 rings (SSSR count). The van der Waals surface area contributed by atoms with Crippen LogP contribution in [0.3, 0.4) is 0 Å². The molecule has 2 unspecified atom stereocenters. The number of carbonyl (C=O) groups excluding carboxylic acids is 1. The van der Waals surface area contributed by atoms with Crippen LogP contribution in [0.25, 0.3) is 0 Å². The number of ether oxygens (including phenoxy) is 1. The second-order valence-electron chi connectivity index (χ2n) is 3.53. The number of nitrogens with zero attached hydrogens (tertiary/aromatic N) is 2. The Morgan fingerprint density at radius 2 is 2.40 bits per heavy atom. The summed E-state index contributed by atoms with van der Waals surface area (Å²) >= 11 is 0. The number of methoxy groups -OCH3 is 1. The lowest BCUT2D eigenvalue weighted by atomic mass is 9.99. The fraction of sp³-hybridized carbons (Fsp3) is 0.636. The lowest BCUT2D eigenvalue weighted by Gasteiger charge is -2.28. The molecule has 15 heavy (non-hydrogen) atoms. The average Bonchev–Trinajstić information content (AvgIpc) is 2.27. The van der Waals surface area contributed by atoms with Crippen LogP contribution >= 0.6 is 0 Å². The van der Waals surface area contributed by atoms with Crippen molar-refractivity contribution in [3.63, 3.8) is 0 Å². The summed E-state index contributed by atoms with van der Waals surface area (Å²) in [6.07, 6.45) is 5.07. The Kier molecular flexibility index (Phi) is 4.32. The van der Waals surface area contributed by atoms with E-state index in [1.165, 1.54) is 7.11 Å². The monoisotopic (exact) mass is 208 g/mol. The van der Waals surface area contributed by atoms with Crippen molar-refractivity contribution in [3.8, 4) is 6.07 Å². The molecule has 4 heteroatoms. The molecule has 0 aromatic heterocycles. The zero-order valence-corrected chi connectivity index (χ0v) is 9.14. The molecule has 0 spiro atoms. The molecule has 1 aliphatic rings. The van der Waals surface area contributed by atoms with Crippen LogP contribution in [0.15, 0.2) is 12.3 Å². The second-order valence-corrected chi connectivity index (χ2v) is 3.53. The summed E-state index contributed by atoms with van der Waals surface area (Å²) in [6, 6.07) is 1.99. The predicted molar refractivity (Wildman–Crippen MR) is 55.7 cm³/mol. The van der Waals surface area contributed by atoms with Crippen LogP contribution in [-0.2, 0) is 9.53 Å². The van der Waals surface area contributed by atoms with Gasteiger partial charge in [-0.05, 0) is 12.5 Å². The van der Waals surface area contributed by atoms with Crippen LogP contribution in [0.1, 0.15) is 19.8 Å². The molecule has 1 heterocycles. The van der Waals surface area contributed by atoms with Crippen LogP contribution in [-0.4, -0.2) is 30.6 Å². The van der Waals surface area contributed by atoms with E-state index in [0.717, 1.165) is 12.8 Å². The number of unbranched alkanes of at least 4 members (excludes halogenated alkanes) is 1. The van der Waals surface area contributed by atoms with Gasteiger partial charge in [-0.1, -0.05) is 13.3 Å². The number of nitriles is 1. The van der Waals surface area contributed by atoms with Crippen molar-refractivity contribution in [1.29, 1.82) is 5.26 Å². The van der Waals surface area contributed by atoms with Crippen molar-refractivity contribution in [1.82, 2.24) is 4.90 Å². The Balaban J connectivity index is 2.72. The first-order valence-electron chi connectivity index (χ1n) is 5.15. The molecule has 0 radical (unpaired) electrons. The van der Waals surface area contributed by atoms with E-state index < -0.39 is 12.0 Å². The maximum absolute atomic E-state index is 11.8. The minimum atomic E-state index is -0.697. The summed E-state index contributed by atoms with van der Waals surface area (Å²) < 4.78 is 5.06. The van der Waals surface area contributed by atoms with Crippen LogP contribution in [0.4, 0.5) is 0 Å². The number of hydrogen-bond acceptors (Lipinski definition) is 3. The molecular formula is C11H16N2O2. The fourth-order valence-corrected chi connectivity index (χ4v) is 1.55. The van der Waals surface area contributed by atoms with Crippen LogP contribution in [0.5, 0.6) is 0 Å². The first-order chi connectivity index (χ1) is 7.24. The summed E-state index contributed by atoms with van der Waals surface area (Å²) in [6.45, 7) is 2.75. The lowest BCUT2D eigenvalue weighted by molar-refractivity contribution is -0.135. The Labute approximate surface area is 90.1 Å². The number of hydrogen-bond donors (Lipinski definition) is 0. The third-order valence-electron chi connectivity index (χ3n) is 2.50. The van der Waals surface area contributed by atoms with Gasteiger partial charge in [0, 0.05) is 19.9 Å². The normalized spacial score (nSPS) is 25.4. The van der Waals surface area contributed by atoms with Gasteiger partial charge in [0.05, 0.1) is 6.07 Å². The molecule has 82 valence electrons. The number of amides is 1. The first kappa shape index (κ1) is 11.7. The molecule has 0 aromatic carbocycles. The van der Waals surface area contributed by atoms with E-state index in [-0.39, 0.29) is 5.91 Å². The second kappa shape index (κ2) is 5.52. The van der Waals surface area contributed by atoms with Crippen LogP contribution in [0.2, 0.25) is 0 Å². The van der Waals surface area contributed by atoms with Crippen molar-refractivity contribution < 1.29 is 9.53 Å². The molecule has 0 saturated heterocycles. The minimum absolute atomic E-state index is 0.152. The summed E-state index contributed by atoms with van der Waals surface area (Å²) in [5, 5.41) is 8.89. The van der Waals surface area contributed by atoms with Gasteiger partial charge in [-0.3, -0.25) is 4.79 Å². The number of carbonyl (C=O) groups is 1. The highest BCUT2D eigenvalue weighted by Gasteiger charge is 2.33. The van der Waals surface area contributed by atoms with Gasteiger partial charge in [-0.2, -0.15) is 5.26 Å². The minimum Gasteiger partial charge on any atom is -0.375 e. The Morgan fingerprint density at radius 1 is 1.67 bits per heavy atom. The third-order valence-corrected chi connectivity index (χ3v) is 2.50. The van der Waals surface area contributed by atoms with Gasteiger partial charge >= 0.3 is 0 Å².